The third-order valence-electron chi connectivity index (χ3n) is 4.57. The van der Waals surface area contributed by atoms with E-state index in [0.29, 0.717) is 30.0 Å². The van der Waals surface area contributed by atoms with Gasteiger partial charge in [-0.25, -0.2) is 4.39 Å². The molecule has 128 valence electrons. The molecule has 5 nitrogen and oxygen atoms in total. The van der Waals surface area contributed by atoms with E-state index >= 15 is 0 Å². The van der Waals surface area contributed by atoms with E-state index in [0.717, 1.165) is 23.6 Å². The first kappa shape index (κ1) is 15.7. The van der Waals surface area contributed by atoms with E-state index in [1.807, 2.05) is 12.1 Å². The SMILES string of the molecule is Oc1cc2cnccc2cc1-c1ccc(O[C@H]2CCCC[C@H]2F)nn1. The number of phenolic OH excluding ortho intramolecular Hbond substituents is 1. The van der Waals surface area contributed by atoms with Crippen molar-refractivity contribution in [3.05, 3.63) is 42.7 Å². The predicted octanol–water partition coefficient (Wildman–Crippen LogP) is 4.06. The minimum Gasteiger partial charge on any atom is -0.507 e. The summed E-state index contributed by atoms with van der Waals surface area (Å²) in [5, 5.41) is 20.2. The highest BCUT2D eigenvalue weighted by atomic mass is 19.1. The largest absolute Gasteiger partial charge is 0.507 e. The number of ether oxygens (including phenoxy) is 1. The maximum atomic E-state index is 13.9. The van der Waals surface area contributed by atoms with Gasteiger partial charge in [0.2, 0.25) is 5.88 Å². The highest BCUT2D eigenvalue weighted by molar-refractivity contribution is 5.89. The first-order valence-corrected chi connectivity index (χ1v) is 8.42. The van der Waals surface area contributed by atoms with Crippen molar-refractivity contribution in [3.63, 3.8) is 0 Å². The van der Waals surface area contributed by atoms with Crippen LogP contribution in [-0.2, 0) is 0 Å². The highest BCUT2D eigenvalue weighted by Gasteiger charge is 2.26. The molecule has 3 aromatic rings. The minimum atomic E-state index is -0.951. The lowest BCUT2D eigenvalue weighted by Gasteiger charge is -2.25. The number of aromatic nitrogens is 3. The number of nitrogens with zero attached hydrogens (tertiary/aromatic N) is 3. The van der Waals surface area contributed by atoms with Crippen molar-refractivity contribution in [2.45, 2.75) is 38.0 Å². The van der Waals surface area contributed by atoms with Gasteiger partial charge < -0.3 is 9.84 Å². The fourth-order valence-electron chi connectivity index (χ4n) is 3.20. The molecule has 0 unspecified atom stereocenters. The van der Waals surface area contributed by atoms with Crippen molar-refractivity contribution in [2.24, 2.45) is 0 Å². The molecule has 2 heterocycles. The van der Waals surface area contributed by atoms with Crippen molar-refractivity contribution >= 4 is 10.8 Å². The van der Waals surface area contributed by atoms with E-state index in [-0.39, 0.29) is 5.75 Å². The molecule has 25 heavy (non-hydrogen) atoms. The molecule has 2 atom stereocenters. The number of hydrogen-bond acceptors (Lipinski definition) is 5. The smallest absolute Gasteiger partial charge is 0.233 e. The lowest BCUT2D eigenvalue weighted by Crippen LogP contribution is -2.32. The molecule has 0 bridgehead atoms. The van der Waals surface area contributed by atoms with Gasteiger partial charge >= 0.3 is 0 Å². The molecular weight excluding hydrogens is 321 g/mol. The summed E-state index contributed by atoms with van der Waals surface area (Å²) in [6.07, 6.45) is 5.10. The van der Waals surface area contributed by atoms with Crippen LogP contribution in [0.4, 0.5) is 4.39 Å². The quantitative estimate of drug-likeness (QED) is 0.779. The second-order valence-electron chi connectivity index (χ2n) is 6.31. The number of halogens is 1. The van der Waals surface area contributed by atoms with Crippen LogP contribution in [0.5, 0.6) is 11.6 Å². The number of fused-ring (bicyclic) bond motifs is 1. The van der Waals surface area contributed by atoms with Crippen LogP contribution in [-0.4, -0.2) is 32.6 Å². The molecule has 6 heteroatoms. The first-order valence-electron chi connectivity index (χ1n) is 8.42. The van der Waals surface area contributed by atoms with Crippen LogP contribution in [0.3, 0.4) is 0 Å². The summed E-state index contributed by atoms with van der Waals surface area (Å²) in [6.45, 7) is 0. The molecule has 1 aliphatic rings. The molecule has 1 aromatic carbocycles. The van der Waals surface area contributed by atoms with E-state index in [1.165, 1.54) is 0 Å². The fraction of sp³-hybridized carbons (Fsp3) is 0.316. The van der Waals surface area contributed by atoms with Crippen LogP contribution in [0, 0.1) is 0 Å². The van der Waals surface area contributed by atoms with Crippen LogP contribution in [0.2, 0.25) is 0 Å². The molecule has 1 aliphatic carbocycles. The number of hydrogen-bond donors (Lipinski definition) is 1. The van der Waals surface area contributed by atoms with Gasteiger partial charge in [-0.15, -0.1) is 10.2 Å². The van der Waals surface area contributed by atoms with Gasteiger partial charge in [0.15, 0.2) is 0 Å². The second kappa shape index (κ2) is 6.63. The first-order chi connectivity index (χ1) is 12.2. The third-order valence-corrected chi connectivity index (χ3v) is 4.57. The molecule has 0 saturated heterocycles. The molecule has 0 spiro atoms. The standard InChI is InChI=1S/C19H18FN3O2/c20-15-3-1-2-4-18(15)25-19-6-5-16(22-23-19)14-9-12-7-8-21-11-13(12)10-17(14)24/h5-11,15,18,24H,1-4H2/t15-,18+/m1/s1. The summed E-state index contributed by atoms with van der Waals surface area (Å²) in [4.78, 5) is 4.04. The molecule has 1 N–H and O–H groups in total. The van der Waals surface area contributed by atoms with Gasteiger partial charge in [-0.2, -0.15) is 0 Å². The average Bonchev–Trinajstić information content (AvgIpc) is 2.64. The Labute approximate surface area is 144 Å². The Morgan fingerprint density at radius 3 is 2.72 bits per heavy atom. The molecule has 2 aromatic heterocycles. The van der Waals surface area contributed by atoms with E-state index in [4.69, 9.17) is 4.74 Å². The summed E-state index contributed by atoms with van der Waals surface area (Å²) in [6, 6.07) is 8.75. The molecule has 1 fully saturated rings. The predicted molar refractivity (Wildman–Crippen MR) is 92.2 cm³/mol. The number of benzene rings is 1. The van der Waals surface area contributed by atoms with Gasteiger partial charge in [0, 0.05) is 29.4 Å². The summed E-state index contributed by atoms with van der Waals surface area (Å²) in [5.74, 6) is 0.419. The average molecular weight is 339 g/mol. The Kier molecular flexibility index (Phi) is 4.17. The topological polar surface area (TPSA) is 68.1 Å². The number of alkyl halides is 1. The number of pyridine rings is 1. The molecule has 1 saturated carbocycles. The zero-order chi connectivity index (χ0) is 17.2. The van der Waals surface area contributed by atoms with Crippen molar-refractivity contribution in [2.75, 3.05) is 0 Å². The van der Waals surface area contributed by atoms with Crippen LogP contribution < -0.4 is 4.74 Å². The Hall–Kier alpha value is -2.76. The van der Waals surface area contributed by atoms with E-state index < -0.39 is 12.3 Å². The zero-order valence-corrected chi connectivity index (χ0v) is 13.6. The molecule has 0 aliphatic heterocycles. The van der Waals surface area contributed by atoms with Crippen molar-refractivity contribution in [1.82, 2.24) is 15.2 Å². The monoisotopic (exact) mass is 339 g/mol. The Bertz CT molecular complexity index is 885. The van der Waals surface area contributed by atoms with Crippen LogP contribution in [0.1, 0.15) is 25.7 Å². The van der Waals surface area contributed by atoms with E-state index in [1.54, 1.807) is 30.6 Å². The number of phenols is 1. The van der Waals surface area contributed by atoms with Gasteiger partial charge in [-0.1, -0.05) is 6.42 Å². The van der Waals surface area contributed by atoms with E-state index in [2.05, 4.69) is 15.2 Å². The van der Waals surface area contributed by atoms with Crippen molar-refractivity contribution in [3.8, 4) is 22.9 Å². The Morgan fingerprint density at radius 1 is 1.04 bits per heavy atom. The van der Waals surface area contributed by atoms with Crippen molar-refractivity contribution in [1.29, 1.82) is 0 Å². The van der Waals surface area contributed by atoms with Crippen molar-refractivity contribution < 1.29 is 14.2 Å². The van der Waals surface area contributed by atoms with Gasteiger partial charge in [-0.05, 0) is 48.9 Å². The van der Waals surface area contributed by atoms with Crippen LogP contribution in [0.15, 0.2) is 42.7 Å². The van der Waals surface area contributed by atoms with Crippen LogP contribution >= 0.6 is 0 Å². The van der Waals surface area contributed by atoms with Gasteiger partial charge in [0.05, 0.1) is 5.69 Å². The maximum absolute atomic E-state index is 13.9. The molecular formula is C19H18FN3O2. The highest BCUT2D eigenvalue weighted by Crippen LogP contribution is 2.32. The Morgan fingerprint density at radius 2 is 1.92 bits per heavy atom. The molecule has 0 amide bonds. The lowest BCUT2D eigenvalue weighted by molar-refractivity contribution is 0.0594. The van der Waals surface area contributed by atoms with Gasteiger partial charge in [-0.3, -0.25) is 4.98 Å². The third kappa shape index (κ3) is 3.24. The number of rotatable bonds is 3. The lowest BCUT2D eigenvalue weighted by atomic mass is 9.96. The second-order valence-corrected chi connectivity index (χ2v) is 6.31. The summed E-state index contributed by atoms with van der Waals surface area (Å²) in [5.41, 5.74) is 1.11. The molecule has 0 radical (unpaired) electrons. The van der Waals surface area contributed by atoms with Gasteiger partial charge in [0.25, 0.3) is 0 Å². The summed E-state index contributed by atoms with van der Waals surface area (Å²) < 4.78 is 19.5. The summed E-state index contributed by atoms with van der Waals surface area (Å²) in [7, 11) is 0. The Balaban J connectivity index is 1.58. The normalized spacial score (nSPS) is 20.5. The number of aromatic hydroxyl groups is 1. The maximum Gasteiger partial charge on any atom is 0.233 e. The summed E-state index contributed by atoms with van der Waals surface area (Å²) >= 11 is 0. The fourth-order valence-corrected chi connectivity index (χ4v) is 3.20. The zero-order valence-electron chi connectivity index (χ0n) is 13.6. The molecule has 4 rings (SSSR count). The van der Waals surface area contributed by atoms with Gasteiger partial charge in [0.1, 0.15) is 18.0 Å². The van der Waals surface area contributed by atoms with E-state index in [9.17, 15) is 9.50 Å². The minimum absolute atomic E-state index is 0.111. The van der Waals surface area contributed by atoms with Crippen LogP contribution in [0.25, 0.3) is 22.0 Å².